The zero-order chi connectivity index (χ0) is 11.5. The lowest BCUT2D eigenvalue weighted by Crippen LogP contribution is -2.06. The summed E-state index contributed by atoms with van der Waals surface area (Å²) in [5.74, 6) is 0.679. The third kappa shape index (κ3) is 4.29. The zero-order valence-corrected chi connectivity index (χ0v) is 11.3. The van der Waals surface area contributed by atoms with Gasteiger partial charge < -0.3 is 0 Å². The summed E-state index contributed by atoms with van der Waals surface area (Å²) in [6.45, 7) is 11.3. The Hall–Kier alpha value is -0.430. The first-order valence-electron chi connectivity index (χ1n) is 5.71. The van der Waals surface area contributed by atoms with Crippen LogP contribution in [0.1, 0.15) is 52.5 Å². The van der Waals surface area contributed by atoms with E-state index in [4.69, 9.17) is 0 Å². The standard InChI is InChI=1S/C14H22S/c1-6-11(2)12-7-9-13(10-8-12)15-14(3,4)5/h7-11H,6H2,1-5H3. The minimum Gasteiger partial charge on any atom is -0.120 e. The van der Waals surface area contributed by atoms with Gasteiger partial charge >= 0.3 is 0 Å². The molecule has 0 amide bonds. The Morgan fingerprint density at radius 3 is 2.07 bits per heavy atom. The molecule has 0 saturated carbocycles. The van der Waals surface area contributed by atoms with Crippen LogP contribution >= 0.6 is 11.8 Å². The molecule has 0 aromatic heterocycles. The number of hydrogen-bond donors (Lipinski definition) is 0. The van der Waals surface area contributed by atoms with Gasteiger partial charge in [0.25, 0.3) is 0 Å². The fraction of sp³-hybridized carbons (Fsp3) is 0.571. The average molecular weight is 222 g/mol. The molecule has 0 saturated heterocycles. The predicted octanol–water partition coefficient (Wildman–Crippen LogP) is 5.09. The molecule has 0 aliphatic carbocycles. The van der Waals surface area contributed by atoms with Gasteiger partial charge in [0.1, 0.15) is 0 Å². The molecule has 1 aromatic rings. The van der Waals surface area contributed by atoms with Crippen LogP contribution in [0.5, 0.6) is 0 Å². The summed E-state index contributed by atoms with van der Waals surface area (Å²) in [4.78, 5) is 1.37. The average Bonchev–Trinajstić information content (AvgIpc) is 2.15. The van der Waals surface area contributed by atoms with E-state index < -0.39 is 0 Å². The lowest BCUT2D eigenvalue weighted by Gasteiger charge is -2.18. The summed E-state index contributed by atoms with van der Waals surface area (Å²) < 4.78 is 0.303. The number of benzene rings is 1. The van der Waals surface area contributed by atoms with E-state index in [2.05, 4.69) is 58.9 Å². The van der Waals surface area contributed by atoms with Gasteiger partial charge in [-0.25, -0.2) is 0 Å². The van der Waals surface area contributed by atoms with Crippen molar-refractivity contribution in [3.05, 3.63) is 29.8 Å². The monoisotopic (exact) mass is 222 g/mol. The van der Waals surface area contributed by atoms with Gasteiger partial charge in [0.05, 0.1) is 0 Å². The van der Waals surface area contributed by atoms with Gasteiger partial charge in [-0.05, 0) is 30.0 Å². The van der Waals surface area contributed by atoms with Gasteiger partial charge in [-0.15, -0.1) is 11.8 Å². The summed E-state index contributed by atoms with van der Waals surface area (Å²) in [6, 6.07) is 9.03. The first-order valence-corrected chi connectivity index (χ1v) is 6.53. The Kier molecular flexibility index (Phi) is 4.27. The van der Waals surface area contributed by atoms with E-state index in [-0.39, 0.29) is 0 Å². The van der Waals surface area contributed by atoms with Gasteiger partial charge in [0, 0.05) is 9.64 Å². The van der Waals surface area contributed by atoms with Crippen LogP contribution in [0.4, 0.5) is 0 Å². The second-order valence-electron chi connectivity index (χ2n) is 5.09. The molecule has 0 spiro atoms. The van der Waals surface area contributed by atoms with Crippen molar-refractivity contribution in [3.63, 3.8) is 0 Å². The van der Waals surface area contributed by atoms with Crippen LogP contribution < -0.4 is 0 Å². The molecule has 1 atom stereocenters. The van der Waals surface area contributed by atoms with Crippen LogP contribution in [0.2, 0.25) is 0 Å². The van der Waals surface area contributed by atoms with Crippen molar-refractivity contribution in [2.45, 2.75) is 56.6 Å². The number of rotatable bonds is 3. The maximum Gasteiger partial charge on any atom is 0.0122 e. The topological polar surface area (TPSA) is 0 Å². The molecule has 1 unspecified atom stereocenters. The molecule has 0 radical (unpaired) electrons. The Labute approximate surface area is 98.5 Å². The third-order valence-corrected chi connectivity index (χ3v) is 3.61. The lowest BCUT2D eigenvalue weighted by molar-refractivity contribution is 0.732. The fourth-order valence-corrected chi connectivity index (χ4v) is 2.43. The summed E-state index contributed by atoms with van der Waals surface area (Å²) in [6.07, 6.45) is 1.21. The van der Waals surface area contributed by atoms with Gasteiger partial charge in [-0.1, -0.05) is 46.8 Å². The first kappa shape index (κ1) is 12.6. The van der Waals surface area contributed by atoms with Crippen LogP contribution in [0, 0.1) is 0 Å². The van der Waals surface area contributed by atoms with Gasteiger partial charge in [-0.3, -0.25) is 0 Å². The van der Waals surface area contributed by atoms with Crippen molar-refractivity contribution in [3.8, 4) is 0 Å². The van der Waals surface area contributed by atoms with E-state index in [1.54, 1.807) is 0 Å². The molecular formula is C14H22S. The number of hydrogen-bond acceptors (Lipinski definition) is 1. The fourth-order valence-electron chi connectivity index (χ4n) is 1.45. The third-order valence-electron chi connectivity index (χ3n) is 2.49. The van der Waals surface area contributed by atoms with Gasteiger partial charge in [-0.2, -0.15) is 0 Å². The summed E-state index contributed by atoms with van der Waals surface area (Å²) in [7, 11) is 0. The molecule has 1 rings (SSSR count). The minimum absolute atomic E-state index is 0.303. The summed E-state index contributed by atoms with van der Waals surface area (Å²) in [5.41, 5.74) is 1.45. The highest BCUT2D eigenvalue weighted by Gasteiger charge is 2.12. The van der Waals surface area contributed by atoms with E-state index in [0.717, 1.165) is 0 Å². The Morgan fingerprint density at radius 2 is 1.67 bits per heavy atom. The molecule has 0 nitrogen and oxygen atoms in total. The summed E-state index contributed by atoms with van der Waals surface area (Å²) >= 11 is 1.93. The second-order valence-corrected chi connectivity index (χ2v) is 6.99. The smallest absolute Gasteiger partial charge is 0.0122 e. The van der Waals surface area contributed by atoms with Gasteiger partial charge in [0.15, 0.2) is 0 Å². The molecular weight excluding hydrogens is 200 g/mol. The largest absolute Gasteiger partial charge is 0.120 e. The predicted molar refractivity (Wildman–Crippen MR) is 70.8 cm³/mol. The molecule has 84 valence electrons. The van der Waals surface area contributed by atoms with E-state index in [1.807, 2.05) is 11.8 Å². The highest BCUT2D eigenvalue weighted by atomic mass is 32.2. The maximum absolute atomic E-state index is 2.28. The zero-order valence-electron chi connectivity index (χ0n) is 10.5. The molecule has 1 heteroatoms. The molecule has 0 N–H and O–H groups in total. The van der Waals surface area contributed by atoms with Crippen molar-refractivity contribution in [1.29, 1.82) is 0 Å². The Bertz CT molecular complexity index is 292. The number of thioether (sulfide) groups is 1. The molecule has 0 aliphatic rings. The van der Waals surface area contributed by atoms with E-state index >= 15 is 0 Å². The second kappa shape index (κ2) is 5.07. The molecule has 0 fully saturated rings. The highest BCUT2D eigenvalue weighted by Crippen LogP contribution is 2.32. The molecule has 0 bridgehead atoms. The molecule has 0 aliphatic heterocycles. The van der Waals surface area contributed by atoms with Crippen LogP contribution in [0.15, 0.2) is 29.2 Å². The quantitative estimate of drug-likeness (QED) is 0.642. The minimum atomic E-state index is 0.303. The van der Waals surface area contributed by atoms with E-state index in [0.29, 0.717) is 10.7 Å². The SMILES string of the molecule is CCC(C)c1ccc(SC(C)(C)C)cc1. The summed E-state index contributed by atoms with van der Waals surface area (Å²) in [5, 5.41) is 0. The molecule has 15 heavy (non-hydrogen) atoms. The van der Waals surface area contributed by atoms with E-state index in [9.17, 15) is 0 Å². The van der Waals surface area contributed by atoms with Gasteiger partial charge in [0.2, 0.25) is 0 Å². The van der Waals surface area contributed by atoms with Crippen LogP contribution in [0.3, 0.4) is 0 Å². The van der Waals surface area contributed by atoms with E-state index in [1.165, 1.54) is 16.9 Å². The Morgan fingerprint density at radius 1 is 1.13 bits per heavy atom. The van der Waals surface area contributed by atoms with Crippen LogP contribution in [0.25, 0.3) is 0 Å². The lowest BCUT2D eigenvalue weighted by atomic mass is 9.99. The molecule has 1 aromatic carbocycles. The Balaban J connectivity index is 2.72. The normalized spacial score (nSPS) is 13.9. The molecule has 0 heterocycles. The highest BCUT2D eigenvalue weighted by molar-refractivity contribution is 8.00. The maximum atomic E-state index is 2.28. The van der Waals surface area contributed by atoms with Crippen molar-refractivity contribution in [2.75, 3.05) is 0 Å². The van der Waals surface area contributed by atoms with Crippen molar-refractivity contribution in [1.82, 2.24) is 0 Å². The first-order chi connectivity index (χ1) is 6.92. The van der Waals surface area contributed by atoms with Crippen molar-refractivity contribution < 1.29 is 0 Å². The van der Waals surface area contributed by atoms with Crippen LogP contribution in [-0.2, 0) is 0 Å². The van der Waals surface area contributed by atoms with Crippen LogP contribution in [-0.4, -0.2) is 4.75 Å². The van der Waals surface area contributed by atoms with Crippen molar-refractivity contribution in [2.24, 2.45) is 0 Å². The van der Waals surface area contributed by atoms with Crippen molar-refractivity contribution >= 4 is 11.8 Å².